The Morgan fingerprint density at radius 2 is 1.90 bits per heavy atom. The fourth-order valence-electron chi connectivity index (χ4n) is 1.75. The van der Waals surface area contributed by atoms with Crippen molar-refractivity contribution in [1.82, 2.24) is 4.98 Å². The van der Waals surface area contributed by atoms with Gasteiger partial charge >= 0.3 is 0 Å². The molecular formula is C13H13N5O2. The number of rotatable bonds is 3. The van der Waals surface area contributed by atoms with Gasteiger partial charge in [-0.15, -0.1) is 5.10 Å². The second-order valence-corrected chi connectivity index (χ2v) is 3.88. The Bertz CT molecular complexity index is 720. The minimum absolute atomic E-state index is 0.00292. The zero-order valence-electron chi connectivity index (χ0n) is 10.4. The van der Waals surface area contributed by atoms with Crippen LogP contribution in [0.2, 0.25) is 0 Å². The monoisotopic (exact) mass is 271 g/mol. The topological polar surface area (TPSA) is 130 Å². The minimum Gasteiger partial charge on any atom is -0.506 e. The first-order valence-corrected chi connectivity index (χ1v) is 5.72. The smallest absolute Gasteiger partial charge is 0.261 e. The first kappa shape index (κ1) is 13.3. The quantitative estimate of drug-likeness (QED) is 0.371. The lowest BCUT2D eigenvalue weighted by atomic mass is 10.0. The van der Waals surface area contributed by atoms with Crippen molar-refractivity contribution in [2.75, 3.05) is 5.73 Å². The molecule has 0 saturated heterocycles. The van der Waals surface area contributed by atoms with Gasteiger partial charge in [-0.3, -0.25) is 4.79 Å². The summed E-state index contributed by atoms with van der Waals surface area (Å²) in [6.45, 7) is 0. The summed E-state index contributed by atoms with van der Waals surface area (Å²) in [5, 5.41) is 17.3. The van der Waals surface area contributed by atoms with Gasteiger partial charge in [0, 0.05) is 0 Å². The minimum atomic E-state index is -0.481. The van der Waals surface area contributed by atoms with Crippen molar-refractivity contribution >= 4 is 18.4 Å². The van der Waals surface area contributed by atoms with Crippen molar-refractivity contribution in [3.05, 3.63) is 46.2 Å². The van der Waals surface area contributed by atoms with Crippen LogP contribution in [0, 0.1) is 0 Å². The van der Waals surface area contributed by atoms with Crippen LogP contribution in [-0.2, 0) is 0 Å². The van der Waals surface area contributed by atoms with E-state index < -0.39 is 5.56 Å². The number of nitrogens with zero attached hydrogens (tertiary/aromatic N) is 2. The zero-order valence-corrected chi connectivity index (χ0v) is 10.4. The molecule has 0 fully saturated rings. The number of benzene rings is 1. The molecule has 20 heavy (non-hydrogen) atoms. The van der Waals surface area contributed by atoms with Crippen LogP contribution in [0.5, 0.6) is 5.75 Å². The van der Waals surface area contributed by atoms with E-state index in [-0.39, 0.29) is 22.7 Å². The summed E-state index contributed by atoms with van der Waals surface area (Å²) in [7, 11) is 0. The summed E-state index contributed by atoms with van der Waals surface area (Å²) in [6.07, 6.45) is 2.21. The molecule has 0 atom stereocenters. The molecule has 6 N–H and O–H groups in total. The van der Waals surface area contributed by atoms with Crippen LogP contribution in [0.4, 0.5) is 5.82 Å². The SMILES string of the molecule is N/C=N\N=C/c1c(N)[nH]c(=O)c(-c2ccccc2)c1O. The van der Waals surface area contributed by atoms with Gasteiger partial charge in [-0.2, -0.15) is 5.10 Å². The average Bonchev–Trinajstić information content (AvgIpc) is 2.43. The molecule has 0 aliphatic heterocycles. The Morgan fingerprint density at radius 1 is 1.20 bits per heavy atom. The van der Waals surface area contributed by atoms with Gasteiger partial charge in [0.15, 0.2) is 0 Å². The highest BCUT2D eigenvalue weighted by atomic mass is 16.3. The van der Waals surface area contributed by atoms with Gasteiger partial charge in [0.05, 0.1) is 17.3 Å². The number of aromatic nitrogens is 1. The number of aromatic amines is 1. The Balaban J connectivity index is 2.65. The van der Waals surface area contributed by atoms with Crippen molar-refractivity contribution in [1.29, 1.82) is 0 Å². The number of pyridine rings is 1. The molecule has 0 radical (unpaired) electrons. The molecule has 0 aliphatic rings. The molecule has 0 spiro atoms. The number of nitrogens with two attached hydrogens (primary N) is 2. The van der Waals surface area contributed by atoms with E-state index in [4.69, 9.17) is 11.5 Å². The maximum absolute atomic E-state index is 12.0. The highest BCUT2D eigenvalue weighted by Crippen LogP contribution is 2.29. The number of aromatic hydroxyl groups is 1. The van der Waals surface area contributed by atoms with E-state index in [0.717, 1.165) is 6.34 Å². The number of hydrogen-bond donors (Lipinski definition) is 4. The van der Waals surface area contributed by atoms with Gasteiger partial charge in [-0.1, -0.05) is 30.3 Å². The van der Waals surface area contributed by atoms with E-state index >= 15 is 0 Å². The summed E-state index contributed by atoms with van der Waals surface area (Å²) < 4.78 is 0. The van der Waals surface area contributed by atoms with Gasteiger partial charge in [0.2, 0.25) is 0 Å². The summed E-state index contributed by atoms with van der Waals surface area (Å²) in [5.74, 6) is -0.253. The Morgan fingerprint density at radius 3 is 2.55 bits per heavy atom. The molecular weight excluding hydrogens is 258 g/mol. The van der Waals surface area contributed by atoms with Crippen molar-refractivity contribution in [2.45, 2.75) is 0 Å². The molecule has 0 saturated carbocycles. The summed E-state index contributed by atoms with van der Waals surface area (Å²) in [5.41, 5.74) is 11.1. The Hall–Kier alpha value is -3.09. The summed E-state index contributed by atoms with van der Waals surface area (Å²) in [4.78, 5) is 14.4. The highest BCUT2D eigenvalue weighted by Gasteiger charge is 2.15. The molecule has 0 bridgehead atoms. The molecule has 1 aromatic heterocycles. The van der Waals surface area contributed by atoms with Crippen molar-refractivity contribution in [3.63, 3.8) is 0 Å². The molecule has 1 aromatic carbocycles. The van der Waals surface area contributed by atoms with E-state index in [1.54, 1.807) is 24.3 Å². The van der Waals surface area contributed by atoms with Crippen LogP contribution in [0.1, 0.15) is 5.56 Å². The van der Waals surface area contributed by atoms with Crippen molar-refractivity contribution < 1.29 is 5.11 Å². The predicted octanol–water partition coefficient (Wildman–Crippen LogP) is 0.651. The summed E-state index contributed by atoms with van der Waals surface area (Å²) in [6, 6.07) is 8.75. The second-order valence-electron chi connectivity index (χ2n) is 3.88. The van der Waals surface area contributed by atoms with E-state index in [1.165, 1.54) is 6.21 Å². The van der Waals surface area contributed by atoms with Crippen LogP contribution in [0.15, 0.2) is 45.3 Å². The zero-order chi connectivity index (χ0) is 14.5. The van der Waals surface area contributed by atoms with E-state index in [2.05, 4.69) is 15.2 Å². The molecule has 0 aliphatic carbocycles. The molecule has 102 valence electrons. The average molecular weight is 271 g/mol. The fourth-order valence-corrected chi connectivity index (χ4v) is 1.75. The first-order valence-electron chi connectivity index (χ1n) is 5.72. The maximum atomic E-state index is 12.0. The lowest BCUT2D eigenvalue weighted by molar-refractivity contribution is 0.475. The third kappa shape index (κ3) is 2.51. The Kier molecular flexibility index (Phi) is 3.80. The molecule has 7 heteroatoms. The molecule has 2 rings (SSSR count). The largest absolute Gasteiger partial charge is 0.506 e. The van der Waals surface area contributed by atoms with Crippen LogP contribution in [-0.4, -0.2) is 22.6 Å². The lowest BCUT2D eigenvalue weighted by Gasteiger charge is -2.08. The first-order chi connectivity index (χ1) is 9.65. The maximum Gasteiger partial charge on any atom is 0.261 e. The van der Waals surface area contributed by atoms with Crippen LogP contribution >= 0.6 is 0 Å². The van der Waals surface area contributed by atoms with Gasteiger partial charge in [0.25, 0.3) is 5.56 Å². The summed E-state index contributed by atoms with van der Waals surface area (Å²) >= 11 is 0. The number of H-pyrrole nitrogens is 1. The molecule has 7 nitrogen and oxygen atoms in total. The number of anilines is 1. The van der Waals surface area contributed by atoms with Crippen LogP contribution < -0.4 is 17.0 Å². The third-order valence-corrected chi connectivity index (χ3v) is 2.64. The number of hydrogen-bond acceptors (Lipinski definition) is 5. The van der Waals surface area contributed by atoms with Crippen LogP contribution in [0.25, 0.3) is 11.1 Å². The second kappa shape index (κ2) is 5.70. The Labute approximate surface area is 114 Å². The van der Waals surface area contributed by atoms with Crippen molar-refractivity contribution in [3.8, 4) is 16.9 Å². The van der Waals surface area contributed by atoms with E-state index in [1.807, 2.05) is 6.07 Å². The van der Waals surface area contributed by atoms with Gasteiger partial charge in [0.1, 0.15) is 17.9 Å². The van der Waals surface area contributed by atoms with E-state index in [9.17, 15) is 9.90 Å². The van der Waals surface area contributed by atoms with Gasteiger partial charge < -0.3 is 21.6 Å². The molecule has 1 heterocycles. The van der Waals surface area contributed by atoms with E-state index in [0.29, 0.717) is 5.56 Å². The molecule has 0 unspecified atom stereocenters. The highest BCUT2D eigenvalue weighted by molar-refractivity contribution is 5.93. The molecule has 0 amide bonds. The third-order valence-electron chi connectivity index (χ3n) is 2.64. The lowest BCUT2D eigenvalue weighted by Crippen LogP contribution is -2.14. The predicted molar refractivity (Wildman–Crippen MR) is 78.8 cm³/mol. The number of nitrogens with one attached hydrogen (secondary N) is 1. The standard InChI is InChI=1S/C13H13N5O2/c14-7-17-16-6-9-11(19)10(13(20)18-12(9)15)8-4-2-1-3-5-8/h1-7H,(H2,14,17)(H4,15,18,19,20)/b16-6-. The van der Waals surface area contributed by atoms with Crippen molar-refractivity contribution in [2.24, 2.45) is 15.9 Å². The van der Waals surface area contributed by atoms with Crippen LogP contribution in [0.3, 0.4) is 0 Å². The number of nitrogen functional groups attached to an aromatic ring is 1. The fraction of sp³-hybridized carbons (Fsp3) is 0. The molecule has 2 aromatic rings. The normalized spacial score (nSPS) is 11.4. The van der Waals surface area contributed by atoms with Gasteiger partial charge in [-0.25, -0.2) is 0 Å². The van der Waals surface area contributed by atoms with Gasteiger partial charge in [-0.05, 0) is 5.56 Å².